The quantitative estimate of drug-likeness (QED) is 0.823. The van der Waals surface area contributed by atoms with Gasteiger partial charge >= 0.3 is 0 Å². The van der Waals surface area contributed by atoms with E-state index in [0.29, 0.717) is 18.8 Å². The first-order valence-corrected chi connectivity index (χ1v) is 8.63. The minimum Gasteiger partial charge on any atom is -0.497 e. The fourth-order valence-corrected chi connectivity index (χ4v) is 3.16. The molecule has 6 heteroatoms. The summed E-state index contributed by atoms with van der Waals surface area (Å²) in [5.41, 5.74) is 1.08. The maximum Gasteiger partial charge on any atom is 0.256 e. The van der Waals surface area contributed by atoms with Crippen LogP contribution in [-0.2, 0) is 0 Å². The zero-order valence-electron chi connectivity index (χ0n) is 15.2. The first kappa shape index (κ1) is 18.0. The predicted molar refractivity (Wildman–Crippen MR) is 98.7 cm³/mol. The number of methoxy groups -OCH3 is 1. The highest BCUT2D eigenvalue weighted by Crippen LogP contribution is 2.33. The molecule has 0 bridgehead atoms. The van der Waals surface area contributed by atoms with Crippen molar-refractivity contribution in [2.45, 2.75) is 13.0 Å². The van der Waals surface area contributed by atoms with Gasteiger partial charge in [-0.2, -0.15) is 0 Å². The zero-order chi connectivity index (χ0) is 18.7. The fraction of sp³-hybridized carbons (Fsp3) is 0.350. The van der Waals surface area contributed by atoms with Crippen LogP contribution < -0.4 is 14.4 Å². The molecule has 0 aliphatic carbocycles. The third-order valence-corrected chi connectivity index (χ3v) is 4.54. The van der Waals surface area contributed by atoms with E-state index >= 15 is 0 Å². The van der Waals surface area contributed by atoms with Gasteiger partial charge < -0.3 is 19.3 Å². The van der Waals surface area contributed by atoms with Gasteiger partial charge in [-0.15, -0.1) is 0 Å². The molecule has 0 spiro atoms. The average Bonchev–Trinajstić information content (AvgIpc) is 2.66. The number of carbonyl (C=O) groups is 1. The van der Waals surface area contributed by atoms with E-state index in [2.05, 4.69) is 11.8 Å². The largest absolute Gasteiger partial charge is 0.497 e. The molecule has 1 atom stereocenters. The van der Waals surface area contributed by atoms with Gasteiger partial charge in [0.05, 0.1) is 31.5 Å². The molecule has 2 aromatic rings. The number of fused-ring (bicyclic) bond motifs is 1. The van der Waals surface area contributed by atoms with Gasteiger partial charge in [-0.25, -0.2) is 4.39 Å². The van der Waals surface area contributed by atoms with Crippen LogP contribution in [-0.4, -0.2) is 50.7 Å². The Kier molecular flexibility index (Phi) is 5.30. The van der Waals surface area contributed by atoms with Crippen LogP contribution in [0.5, 0.6) is 11.5 Å². The smallest absolute Gasteiger partial charge is 0.256 e. The van der Waals surface area contributed by atoms with E-state index in [4.69, 9.17) is 9.47 Å². The zero-order valence-corrected chi connectivity index (χ0v) is 15.2. The number of ether oxygens (including phenoxy) is 2. The number of benzene rings is 2. The van der Waals surface area contributed by atoms with Crippen LogP contribution in [0.1, 0.15) is 17.3 Å². The highest BCUT2D eigenvalue weighted by Gasteiger charge is 2.27. The van der Waals surface area contributed by atoms with Crippen molar-refractivity contribution in [1.82, 2.24) is 4.90 Å². The number of nitrogens with zero attached hydrogens (tertiary/aromatic N) is 2. The van der Waals surface area contributed by atoms with Gasteiger partial charge in [0, 0.05) is 19.7 Å². The molecule has 0 unspecified atom stereocenters. The minimum atomic E-state index is -0.591. The number of hydrogen-bond donors (Lipinski definition) is 0. The fourth-order valence-electron chi connectivity index (χ4n) is 3.16. The molecule has 0 N–H and O–H groups in total. The van der Waals surface area contributed by atoms with Crippen molar-refractivity contribution >= 4 is 11.6 Å². The van der Waals surface area contributed by atoms with E-state index < -0.39 is 5.82 Å². The normalized spacial score (nSPS) is 15.8. The first-order chi connectivity index (χ1) is 12.5. The number of rotatable bonds is 5. The van der Waals surface area contributed by atoms with Crippen molar-refractivity contribution in [1.29, 1.82) is 0 Å². The topological polar surface area (TPSA) is 42.0 Å². The SMILES string of the molecule is CCN1C[C@H](CN(C)C(=O)c2ccc(OC)cc2F)Oc2ccccc21. The lowest BCUT2D eigenvalue weighted by Gasteiger charge is -2.37. The van der Waals surface area contributed by atoms with E-state index in [0.717, 1.165) is 18.0 Å². The molecule has 0 saturated heterocycles. The van der Waals surface area contributed by atoms with Crippen LogP contribution in [0, 0.1) is 5.82 Å². The molecule has 26 heavy (non-hydrogen) atoms. The van der Waals surface area contributed by atoms with Crippen LogP contribution >= 0.6 is 0 Å². The summed E-state index contributed by atoms with van der Waals surface area (Å²) in [7, 11) is 3.12. The Morgan fingerprint density at radius 1 is 1.35 bits per heavy atom. The number of likely N-dealkylation sites (N-methyl/N-ethyl adjacent to an activating group) is 2. The molecule has 1 amide bonds. The number of anilines is 1. The van der Waals surface area contributed by atoms with Gasteiger partial charge in [-0.3, -0.25) is 4.79 Å². The lowest BCUT2D eigenvalue weighted by atomic mass is 10.1. The maximum atomic E-state index is 14.2. The Labute approximate surface area is 152 Å². The molecule has 2 aromatic carbocycles. The van der Waals surface area contributed by atoms with Crippen LogP contribution in [0.25, 0.3) is 0 Å². The van der Waals surface area contributed by atoms with Gasteiger partial charge in [-0.1, -0.05) is 12.1 Å². The molecule has 0 fully saturated rings. The number of carbonyl (C=O) groups excluding carboxylic acids is 1. The molecule has 0 aromatic heterocycles. The molecule has 0 saturated carbocycles. The summed E-state index contributed by atoms with van der Waals surface area (Å²) in [6.45, 7) is 3.98. The summed E-state index contributed by atoms with van der Waals surface area (Å²) in [5.74, 6) is 0.219. The van der Waals surface area contributed by atoms with E-state index in [1.807, 2.05) is 24.3 Å². The Bertz CT molecular complexity index is 796. The predicted octanol–water partition coefficient (Wildman–Crippen LogP) is 3.19. The molecular formula is C20H23FN2O3. The maximum absolute atomic E-state index is 14.2. The lowest BCUT2D eigenvalue weighted by Crippen LogP contribution is -2.46. The molecular weight excluding hydrogens is 335 g/mol. The number of para-hydroxylation sites is 2. The summed E-state index contributed by atoms with van der Waals surface area (Å²) in [6, 6.07) is 12.1. The standard InChI is InChI=1S/C20H23FN2O3/c1-4-23-13-15(26-19-8-6-5-7-18(19)23)12-22(2)20(24)16-10-9-14(25-3)11-17(16)21/h5-11,15H,4,12-13H2,1-3H3/t15-/m0/s1. The van der Waals surface area contributed by atoms with E-state index in [-0.39, 0.29) is 17.6 Å². The van der Waals surface area contributed by atoms with Crippen LogP contribution in [0.2, 0.25) is 0 Å². The second kappa shape index (κ2) is 7.64. The first-order valence-electron chi connectivity index (χ1n) is 8.63. The summed E-state index contributed by atoms with van der Waals surface area (Å²) in [6.07, 6.45) is -0.180. The van der Waals surface area contributed by atoms with Crippen LogP contribution in [0.4, 0.5) is 10.1 Å². The monoisotopic (exact) mass is 358 g/mol. The second-order valence-corrected chi connectivity index (χ2v) is 6.28. The van der Waals surface area contributed by atoms with E-state index in [1.54, 1.807) is 13.1 Å². The highest BCUT2D eigenvalue weighted by molar-refractivity contribution is 5.94. The van der Waals surface area contributed by atoms with Crippen LogP contribution in [0.3, 0.4) is 0 Å². The van der Waals surface area contributed by atoms with Gasteiger partial charge in [-0.05, 0) is 31.2 Å². The summed E-state index contributed by atoms with van der Waals surface area (Å²) < 4.78 is 25.2. The van der Waals surface area contributed by atoms with Crippen LogP contribution in [0.15, 0.2) is 42.5 Å². The molecule has 0 radical (unpaired) electrons. The van der Waals surface area contributed by atoms with Crippen molar-refractivity contribution in [3.05, 3.63) is 53.8 Å². The number of halogens is 1. The number of amides is 1. The van der Waals surface area contributed by atoms with Crippen molar-refractivity contribution < 1.29 is 18.7 Å². The van der Waals surface area contributed by atoms with Crippen molar-refractivity contribution in [3.63, 3.8) is 0 Å². The third kappa shape index (κ3) is 3.59. The average molecular weight is 358 g/mol. The third-order valence-electron chi connectivity index (χ3n) is 4.54. The molecule has 1 aliphatic rings. The summed E-state index contributed by atoms with van der Waals surface area (Å²) in [4.78, 5) is 16.3. The molecule has 1 heterocycles. The molecule has 1 aliphatic heterocycles. The Morgan fingerprint density at radius 3 is 2.81 bits per heavy atom. The highest BCUT2D eigenvalue weighted by atomic mass is 19.1. The second-order valence-electron chi connectivity index (χ2n) is 6.28. The lowest BCUT2D eigenvalue weighted by molar-refractivity contribution is 0.0705. The van der Waals surface area contributed by atoms with Crippen molar-refractivity contribution in [2.24, 2.45) is 0 Å². The molecule has 5 nitrogen and oxygen atoms in total. The molecule has 138 valence electrons. The molecule has 3 rings (SSSR count). The van der Waals surface area contributed by atoms with Crippen molar-refractivity contribution in [3.8, 4) is 11.5 Å². The number of hydrogen-bond acceptors (Lipinski definition) is 4. The summed E-state index contributed by atoms with van der Waals surface area (Å²) >= 11 is 0. The van der Waals surface area contributed by atoms with Gasteiger partial charge in [0.1, 0.15) is 23.4 Å². The van der Waals surface area contributed by atoms with Gasteiger partial charge in [0.15, 0.2) is 0 Å². The minimum absolute atomic E-state index is 0.0249. The Hall–Kier alpha value is -2.76. The summed E-state index contributed by atoms with van der Waals surface area (Å²) in [5, 5.41) is 0. The van der Waals surface area contributed by atoms with E-state index in [1.165, 1.54) is 24.1 Å². The van der Waals surface area contributed by atoms with Crippen molar-refractivity contribution in [2.75, 3.05) is 38.7 Å². The van der Waals surface area contributed by atoms with Gasteiger partial charge in [0.25, 0.3) is 5.91 Å². The Morgan fingerprint density at radius 2 is 2.12 bits per heavy atom. The van der Waals surface area contributed by atoms with E-state index in [9.17, 15) is 9.18 Å². The van der Waals surface area contributed by atoms with Gasteiger partial charge in [0.2, 0.25) is 0 Å². The Balaban J connectivity index is 1.72.